The number of nitrogens with zero attached hydrogens (tertiary/aromatic N) is 7. The van der Waals surface area contributed by atoms with Gasteiger partial charge in [-0.25, -0.2) is 13.4 Å². The molecule has 0 N–H and O–H groups in total. The van der Waals surface area contributed by atoms with Crippen molar-refractivity contribution in [3.05, 3.63) is 65.3 Å². The second kappa shape index (κ2) is 10.5. The van der Waals surface area contributed by atoms with Crippen LogP contribution >= 0.6 is 0 Å². The average Bonchev–Trinajstić information content (AvgIpc) is 3.46. The van der Waals surface area contributed by atoms with Crippen molar-refractivity contribution in [1.29, 1.82) is 0 Å². The van der Waals surface area contributed by atoms with Crippen LogP contribution < -0.4 is 4.74 Å². The van der Waals surface area contributed by atoms with Gasteiger partial charge in [-0.15, -0.1) is 10.2 Å². The van der Waals surface area contributed by atoms with Crippen LogP contribution in [0.4, 0.5) is 0 Å². The van der Waals surface area contributed by atoms with Gasteiger partial charge in [0.1, 0.15) is 23.4 Å². The molecule has 2 atom stereocenters. The van der Waals surface area contributed by atoms with Crippen LogP contribution in [-0.4, -0.2) is 62.8 Å². The summed E-state index contributed by atoms with van der Waals surface area (Å²) in [4.78, 5) is 12.9. The largest absolute Gasteiger partial charge is 0.481 e. The predicted molar refractivity (Wildman–Crippen MR) is 129 cm³/mol. The van der Waals surface area contributed by atoms with Crippen LogP contribution in [0.3, 0.4) is 0 Å². The Morgan fingerprint density at radius 2 is 1.89 bits per heavy atom. The van der Waals surface area contributed by atoms with E-state index in [2.05, 4.69) is 30.3 Å². The van der Waals surface area contributed by atoms with Gasteiger partial charge in [0.2, 0.25) is 5.88 Å². The first kappa shape index (κ1) is 25.4. The first-order valence-electron chi connectivity index (χ1n) is 11.1. The molecule has 0 saturated carbocycles. The van der Waals surface area contributed by atoms with E-state index in [1.807, 2.05) is 0 Å². The second-order valence-corrected chi connectivity index (χ2v) is 10.6. The molecule has 0 unspecified atom stereocenters. The first-order valence-corrected chi connectivity index (χ1v) is 12.8. The van der Waals surface area contributed by atoms with Crippen LogP contribution in [0.15, 0.2) is 41.2 Å². The van der Waals surface area contributed by atoms with E-state index >= 15 is 0 Å². The summed E-state index contributed by atoms with van der Waals surface area (Å²) in [6.07, 6.45) is 2.29. The average molecular weight is 514 g/mol. The highest BCUT2D eigenvalue weighted by molar-refractivity contribution is 7.91. The Kier molecular flexibility index (Phi) is 7.40. The number of hydrogen-bond donors (Lipinski definition) is 0. The molecule has 0 radical (unpaired) electrons. The molecule has 0 aliphatic heterocycles. The van der Waals surface area contributed by atoms with Gasteiger partial charge in [-0.05, 0) is 26.8 Å². The lowest BCUT2D eigenvalue weighted by atomic mass is 10.2. The summed E-state index contributed by atoms with van der Waals surface area (Å²) in [5, 5.41) is 11.5. The predicted octanol–water partition coefficient (Wildman–Crippen LogP) is 2.48. The van der Waals surface area contributed by atoms with Crippen LogP contribution in [0.25, 0.3) is 11.5 Å². The smallest absolute Gasteiger partial charge is 0.213 e. The van der Waals surface area contributed by atoms with Crippen LogP contribution in [0.2, 0.25) is 0 Å². The van der Waals surface area contributed by atoms with E-state index in [4.69, 9.17) is 14.0 Å². The van der Waals surface area contributed by atoms with Gasteiger partial charge >= 0.3 is 0 Å². The van der Waals surface area contributed by atoms with E-state index in [9.17, 15) is 8.42 Å². The minimum atomic E-state index is -3.78. The molecule has 13 heteroatoms. The Balaban J connectivity index is 1.70. The summed E-state index contributed by atoms with van der Waals surface area (Å²) in [6, 6.07) is 6.98. The molecule has 0 aliphatic carbocycles. The summed E-state index contributed by atoms with van der Waals surface area (Å²) < 4.78 is 44.8. The lowest BCUT2D eigenvalue weighted by Crippen LogP contribution is -2.29. The van der Waals surface area contributed by atoms with Gasteiger partial charge in [0, 0.05) is 25.4 Å². The SMILES string of the molecule is COc1cccc(-c2nnc(CS(=O)(=O)[C@@H](C)[C@H](OC)c3cnc(C)cn3)n2Cc2cc(C)no2)n1. The monoisotopic (exact) mass is 513 g/mol. The summed E-state index contributed by atoms with van der Waals surface area (Å²) in [7, 11) is -0.826. The Morgan fingerprint density at radius 1 is 1.08 bits per heavy atom. The fourth-order valence-electron chi connectivity index (χ4n) is 3.70. The number of methoxy groups -OCH3 is 2. The van der Waals surface area contributed by atoms with Crippen molar-refractivity contribution in [1.82, 2.24) is 34.9 Å². The molecule has 4 heterocycles. The van der Waals surface area contributed by atoms with Gasteiger partial charge in [-0.3, -0.25) is 9.97 Å². The van der Waals surface area contributed by atoms with Crippen molar-refractivity contribution < 1.29 is 22.4 Å². The number of aromatic nitrogens is 7. The molecule has 0 aliphatic rings. The summed E-state index contributed by atoms with van der Waals surface area (Å²) in [5.74, 6) is 1.11. The van der Waals surface area contributed by atoms with E-state index in [0.717, 1.165) is 5.69 Å². The number of aryl methyl sites for hydroxylation is 2. The lowest BCUT2D eigenvalue weighted by molar-refractivity contribution is 0.0983. The quantitative estimate of drug-likeness (QED) is 0.308. The minimum Gasteiger partial charge on any atom is -0.481 e. The van der Waals surface area contributed by atoms with E-state index in [0.29, 0.717) is 34.5 Å². The topological polar surface area (TPSA) is 148 Å². The molecule has 0 aromatic carbocycles. The highest BCUT2D eigenvalue weighted by Gasteiger charge is 2.34. The van der Waals surface area contributed by atoms with Crippen molar-refractivity contribution >= 4 is 9.84 Å². The standard InChI is InChI=1S/C23H27N7O5S/c1-14-9-17(35-29-14)12-30-20(27-28-23(30)18-7-6-8-21(26-18)33-4)13-36(31,32)16(3)22(34-5)19-11-24-15(2)10-25-19/h6-11,16,22H,12-13H2,1-5H3/t16-,22-/m0/s1. The molecule has 4 rings (SSSR count). The molecular formula is C23H27N7O5S. The third kappa shape index (κ3) is 5.41. The Hall–Kier alpha value is -3.71. The molecule has 190 valence electrons. The van der Waals surface area contributed by atoms with E-state index in [1.54, 1.807) is 55.8 Å². The summed E-state index contributed by atoms with van der Waals surface area (Å²) in [6.45, 7) is 5.35. The fraction of sp³-hybridized carbons (Fsp3) is 0.391. The van der Waals surface area contributed by atoms with Crippen molar-refractivity contribution in [3.8, 4) is 17.4 Å². The first-order chi connectivity index (χ1) is 17.2. The lowest BCUT2D eigenvalue weighted by Gasteiger charge is -2.22. The van der Waals surface area contributed by atoms with Gasteiger partial charge in [0.05, 0.1) is 42.2 Å². The number of ether oxygens (including phenoxy) is 2. The Morgan fingerprint density at radius 3 is 2.53 bits per heavy atom. The number of pyridine rings is 1. The number of sulfone groups is 1. The van der Waals surface area contributed by atoms with Crippen LogP contribution in [0.1, 0.15) is 41.7 Å². The molecule has 0 spiro atoms. The second-order valence-electron chi connectivity index (χ2n) is 8.28. The third-order valence-electron chi connectivity index (χ3n) is 5.65. The van der Waals surface area contributed by atoms with E-state index in [1.165, 1.54) is 20.4 Å². The van der Waals surface area contributed by atoms with Gasteiger partial charge in [-0.1, -0.05) is 11.2 Å². The molecule has 12 nitrogen and oxygen atoms in total. The fourth-order valence-corrected chi connectivity index (χ4v) is 5.16. The molecule has 0 saturated heterocycles. The molecule has 4 aromatic heterocycles. The summed E-state index contributed by atoms with van der Waals surface area (Å²) >= 11 is 0. The van der Waals surface area contributed by atoms with Gasteiger partial charge in [0.15, 0.2) is 21.4 Å². The Bertz CT molecular complexity index is 1430. The van der Waals surface area contributed by atoms with Gasteiger partial charge in [-0.2, -0.15) is 0 Å². The third-order valence-corrected chi connectivity index (χ3v) is 7.69. The zero-order valence-corrected chi connectivity index (χ0v) is 21.4. The van der Waals surface area contributed by atoms with Crippen molar-refractivity contribution in [2.24, 2.45) is 0 Å². The maximum Gasteiger partial charge on any atom is 0.213 e. The highest BCUT2D eigenvalue weighted by Crippen LogP contribution is 2.27. The van der Waals surface area contributed by atoms with Gasteiger partial charge in [0.25, 0.3) is 0 Å². The maximum atomic E-state index is 13.5. The zero-order chi connectivity index (χ0) is 25.9. The minimum absolute atomic E-state index is 0.165. The number of hydrogen-bond acceptors (Lipinski definition) is 11. The summed E-state index contributed by atoms with van der Waals surface area (Å²) in [5.41, 5.74) is 2.32. The highest BCUT2D eigenvalue weighted by atomic mass is 32.2. The van der Waals surface area contributed by atoms with E-state index < -0.39 is 26.9 Å². The van der Waals surface area contributed by atoms with Crippen molar-refractivity contribution in [2.45, 2.75) is 44.4 Å². The number of rotatable bonds is 10. The van der Waals surface area contributed by atoms with Crippen molar-refractivity contribution in [3.63, 3.8) is 0 Å². The Labute approximate surface area is 208 Å². The van der Waals surface area contributed by atoms with Gasteiger partial charge < -0.3 is 18.6 Å². The molecule has 0 bridgehead atoms. The van der Waals surface area contributed by atoms with Crippen LogP contribution in [-0.2, 0) is 26.9 Å². The zero-order valence-electron chi connectivity index (χ0n) is 20.6. The van der Waals surface area contributed by atoms with Crippen LogP contribution in [0, 0.1) is 13.8 Å². The van der Waals surface area contributed by atoms with E-state index in [-0.39, 0.29) is 12.4 Å². The normalized spacial score (nSPS) is 13.5. The molecule has 0 amide bonds. The molecule has 36 heavy (non-hydrogen) atoms. The molecule has 4 aromatic rings. The maximum absolute atomic E-state index is 13.5. The molecular weight excluding hydrogens is 486 g/mol. The van der Waals surface area contributed by atoms with Crippen LogP contribution in [0.5, 0.6) is 5.88 Å². The molecule has 0 fully saturated rings. The van der Waals surface area contributed by atoms with Crippen molar-refractivity contribution in [2.75, 3.05) is 14.2 Å².